The van der Waals surface area contributed by atoms with Gasteiger partial charge in [-0.1, -0.05) is 67.1 Å². The van der Waals surface area contributed by atoms with Crippen molar-refractivity contribution in [1.82, 2.24) is 9.88 Å². The van der Waals surface area contributed by atoms with E-state index in [-0.39, 0.29) is 5.91 Å². The molecule has 0 unspecified atom stereocenters. The molecule has 0 atom stereocenters. The third-order valence-electron chi connectivity index (χ3n) is 4.60. The van der Waals surface area contributed by atoms with E-state index in [0.717, 1.165) is 40.5 Å². The minimum Gasteiger partial charge on any atom is -0.302 e. The SMILES string of the molecule is CCN(CC)CCN(C(=O)Cc1ccccc1)c1nc2ccc(Cl)cc2s1. The van der Waals surface area contributed by atoms with Crippen LogP contribution in [0.4, 0.5) is 5.13 Å². The highest BCUT2D eigenvalue weighted by Gasteiger charge is 2.20. The molecule has 0 bridgehead atoms. The quantitative estimate of drug-likeness (QED) is 0.540. The van der Waals surface area contributed by atoms with Gasteiger partial charge in [0.25, 0.3) is 0 Å². The molecule has 0 aliphatic heterocycles. The van der Waals surface area contributed by atoms with Crippen molar-refractivity contribution in [2.45, 2.75) is 20.3 Å². The standard InChI is InChI=1S/C21H24ClN3OS/c1-3-24(4-2)12-13-25(20(26)14-16-8-6-5-7-9-16)21-23-18-11-10-17(22)15-19(18)27-21/h5-11,15H,3-4,12-14H2,1-2H3. The van der Waals surface area contributed by atoms with E-state index in [1.807, 2.05) is 53.4 Å². The lowest BCUT2D eigenvalue weighted by Crippen LogP contribution is -2.39. The summed E-state index contributed by atoms with van der Waals surface area (Å²) in [7, 11) is 0. The largest absolute Gasteiger partial charge is 0.302 e. The second-order valence-corrected chi connectivity index (χ2v) is 7.79. The smallest absolute Gasteiger partial charge is 0.233 e. The van der Waals surface area contributed by atoms with Crippen LogP contribution in [-0.2, 0) is 11.2 Å². The number of fused-ring (bicyclic) bond motifs is 1. The molecule has 1 heterocycles. The van der Waals surface area contributed by atoms with Crippen LogP contribution in [-0.4, -0.2) is 42.0 Å². The van der Waals surface area contributed by atoms with Gasteiger partial charge in [0.2, 0.25) is 5.91 Å². The summed E-state index contributed by atoms with van der Waals surface area (Å²) in [5.41, 5.74) is 1.89. The summed E-state index contributed by atoms with van der Waals surface area (Å²) in [4.78, 5) is 21.9. The molecule has 6 heteroatoms. The number of rotatable bonds is 8. The molecule has 0 aliphatic carbocycles. The number of benzene rings is 2. The van der Waals surface area contributed by atoms with Gasteiger partial charge >= 0.3 is 0 Å². The van der Waals surface area contributed by atoms with E-state index >= 15 is 0 Å². The van der Waals surface area contributed by atoms with Crippen LogP contribution in [0.25, 0.3) is 10.2 Å². The number of carbonyl (C=O) groups is 1. The molecular formula is C21H24ClN3OS. The summed E-state index contributed by atoms with van der Waals surface area (Å²) < 4.78 is 0.998. The van der Waals surface area contributed by atoms with Crippen molar-refractivity contribution in [2.24, 2.45) is 0 Å². The van der Waals surface area contributed by atoms with Crippen molar-refractivity contribution in [3.8, 4) is 0 Å². The van der Waals surface area contributed by atoms with Crippen molar-refractivity contribution >= 4 is 44.2 Å². The van der Waals surface area contributed by atoms with Crippen molar-refractivity contribution < 1.29 is 4.79 Å². The van der Waals surface area contributed by atoms with Crippen LogP contribution < -0.4 is 4.90 Å². The monoisotopic (exact) mass is 401 g/mol. The first-order chi connectivity index (χ1) is 13.1. The summed E-state index contributed by atoms with van der Waals surface area (Å²) in [6.45, 7) is 7.66. The molecule has 142 valence electrons. The van der Waals surface area contributed by atoms with Gasteiger partial charge in [-0.2, -0.15) is 0 Å². The highest BCUT2D eigenvalue weighted by atomic mass is 35.5. The fraction of sp³-hybridized carbons (Fsp3) is 0.333. The Morgan fingerprint density at radius 3 is 2.52 bits per heavy atom. The third kappa shape index (κ3) is 5.06. The van der Waals surface area contributed by atoms with Crippen molar-refractivity contribution in [2.75, 3.05) is 31.1 Å². The van der Waals surface area contributed by atoms with Crippen LogP contribution in [0, 0.1) is 0 Å². The fourth-order valence-electron chi connectivity index (χ4n) is 2.98. The van der Waals surface area contributed by atoms with Gasteiger partial charge < -0.3 is 4.90 Å². The maximum atomic E-state index is 13.1. The predicted molar refractivity (Wildman–Crippen MR) is 115 cm³/mol. The maximum absolute atomic E-state index is 13.1. The lowest BCUT2D eigenvalue weighted by atomic mass is 10.1. The summed E-state index contributed by atoms with van der Waals surface area (Å²) in [5.74, 6) is 0.0681. The number of thiazole rings is 1. The van der Waals surface area contributed by atoms with E-state index in [2.05, 4.69) is 18.7 Å². The lowest BCUT2D eigenvalue weighted by molar-refractivity contribution is -0.118. The van der Waals surface area contributed by atoms with E-state index in [1.165, 1.54) is 11.3 Å². The zero-order chi connectivity index (χ0) is 19.2. The number of nitrogens with zero attached hydrogens (tertiary/aromatic N) is 3. The number of amides is 1. The van der Waals surface area contributed by atoms with Crippen LogP contribution >= 0.6 is 22.9 Å². The van der Waals surface area contributed by atoms with E-state index in [1.54, 1.807) is 0 Å². The number of hydrogen-bond acceptors (Lipinski definition) is 4. The highest BCUT2D eigenvalue weighted by Crippen LogP contribution is 2.31. The molecule has 3 rings (SSSR count). The third-order valence-corrected chi connectivity index (χ3v) is 5.88. The molecule has 0 radical (unpaired) electrons. The van der Waals surface area contributed by atoms with E-state index in [9.17, 15) is 4.79 Å². The number of carbonyl (C=O) groups excluding carboxylic acids is 1. The summed E-state index contributed by atoms with van der Waals surface area (Å²) in [6, 6.07) is 15.5. The second-order valence-electron chi connectivity index (χ2n) is 6.34. The van der Waals surface area contributed by atoms with E-state index in [4.69, 9.17) is 16.6 Å². The van der Waals surface area contributed by atoms with Gasteiger partial charge in [0, 0.05) is 18.1 Å². The van der Waals surface area contributed by atoms with Crippen LogP contribution in [0.5, 0.6) is 0 Å². The molecule has 1 aromatic heterocycles. The minimum absolute atomic E-state index is 0.0681. The predicted octanol–water partition coefficient (Wildman–Crippen LogP) is 4.87. The molecule has 1 amide bonds. The molecule has 0 saturated heterocycles. The van der Waals surface area contributed by atoms with Crippen molar-refractivity contribution in [3.63, 3.8) is 0 Å². The zero-order valence-corrected chi connectivity index (χ0v) is 17.3. The summed E-state index contributed by atoms with van der Waals surface area (Å²) in [6.07, 6.45) is 0.371. The molecule has 0 saturated carbocycles. The Hall–Kier alpha value is -1.95. The Balaban J connectivity index is 1.86. The average Bonchev–Trinajstić information content (AvgIpc) is 3.08. The Bertz CT molecular complexity index is 893. The Kier molecular flexibility index (Phi) is 6.83. The molecule has 27 heavy (non-hydrogen) atoms. The Morgan fingerprint density at radius 2 is 1.81 bits per heavy atom. The topological polar surface area (TPSA) is 36.4 Å². The van der Waals surface area contributed by atoms with Gasteiger partial charge in [-0.3, -0.25) is 9.69 Å². The van der Waals surface area contributed by atoms with E-state index in [0.29, 0.717) is 18.0 Å². The molecule has 2 aromatic carbocycles. The number of hydrogen-bond donors (Lipinski definition) is 0. The van der Waals surface area contributed by atoms with Crippen LogP contribution in [0.1, 0.15) is 19.4 Å². The van der Waals surface area contributed by atoms with Crippen LogP contribution in [0.3, 0.4) is 0 Å². The number of aromatic nitrogens is 1. The normalized spacial score (nSPS) is 11.3. The molecular weight excluding hydrogens is 378 g/mol. The molecule has 0 fully saturated rings. The van der Waals surface area contributed by atoms with Gasteiger partial charge in [0.05, 0.1) is 16.6 Å². The minimum atomic E-state index is 0.0681. The van der Waals surface area contributed by atoms with Gasteiger partial charge in [-0.25, -0.2) is 4.98 Å². The molecule has 4 nitrogen and oxygen atoms in total. The summed E-state index contributed by atoms with van der Waals surface area (Å²) >= 11 is 7.63. The fourth-order valence-corrected chi connectivity index (χ4v) is 4.26. The Labute approximate surface area is 169 Å². The first-order valence-electron chi connectivity index (χ1n) is 9.23. The number of halogens is 1. The first-order valence-corrected chi connectivity index (χ1v) is 10.4. The average molecular weight is 402 g/mol. The maximum Gasteiger partial charge on any atom is 0.233 e. The summed E-state index contributed by atoms with van der Waals surface area (Å²) in [5, 5.41) is 1.42. The van der Waals surface area contributed by atoms with Gasteiger partial charge in [0.15, 0.2) is 5.13 Å². The highest BCUT2D eigenvalue weighted by molar-refractivity contribution is 7.22. The molecule has 3 aromatic rings. The molecule has 0 aliphatic rings. The van der Waals surface area contributed by atoms with Gasteiger partial charge in [-0.15, -0.1) is 0 Å². The Morgan fingerprint density at radius 1 is 1.07 bits per heavy atom. The van der Waals surface area contributed by atoms with E-state index < -0.39 is 0 Å². The van der Waals surface area contributed by atoms with Gasteiger partial charge in [0.1, 0.15) is 0 Å². The number of anilines is 1. The molecule has 0 N–H and O–H groups in total. The number of likely N-dealkylation sites (N-methyl/N-ethyl adjacent to an activating group) is 1. The van der Waals surface area contributed by atoms with Crippen LogP contribution in [0.15, 0.2) is 48.5 Å². The van der Waals surface area contributed by atoms with Crippen LogP contribution in [0.2, 0.25) is 5.02 Å². The zero-order valence-electron chi connectivity index (χ0n) is 15.7. The van der Waals surface area contributed by atoms with Crippen molar-refractivity contribution in [1.29, 1.82) is 0 Å². The second kappa shape index (κ2) is 9.31. The first kappa shape index (κ1) is 19.8. The molecule has 0 spiro atoms. The lowest BCUT2D eigenvalue weighted by Gasteiger charge is -2.24. The van der Waals surface area contributed by atoms with Gasteiger partial charge in [-0.05, 0) is 36.9 Å². The van der Waals surface area contributed by atoms with Crippen molar-refractivity contribution in [3.05, 3.63) is 59.1 Å².